The van der Waals surface area contributed by atoms with Crippen molar-refractivity contribution in [3.8, 4) is 0 Å². The molecule has 1 heterocycles. The van der Waals surface area contributed by atoms with Crippen LogP contribution in [0, 0.1) is 0 Å². The third-order valence-electron chi connectivity index (χ3n) is 2.82. The van der Waals surface area contributed by atoms with Crippen LogP contribution >= 0.6 is 15.9 Å². The molecule has 0 saturated heterocycles. The molecule has 94 valence electrons. The van der Waals surface area contributed by atoms with Crippen molar-refractivity contribution in [2.75, 3.05) is 11.9 Å². The zero-order valence-corrected chi connectivity index (χ0v) is 11.1. The number of carbonyl (C=O) groups excluding carboxylic acids is 2. The minimum Gasteiger partial charge on any atom is -0.274 e. The molecular formula is C13H11BrFNO2. The minimum atomic E-state index is -0.359. The SMILES string of the molecule is O=C1Cc2ccccc2C(=O)N1C/C(=C\F)CBr. The van der Waals surface area contributed by atoms with Crippen LogP contribution in [0.1, 0.15) is 15.9 Å². The second-order valence-corrected chi connectivity index (χ2v) is 4.58. The van der Waals surface area contributed by atoms with Crippen LogP contribution in [0.5, 0.6) is 0 Å². The number of fused-ring (bicyclic) bond motifs is 1. The van der Waals surface area contributed by atoms with E-state index in [9.17, 15) is 14.0 Å². The van der Waals surface area contributed by atoms with Gasteiger partial charge in [-0.2, -0.15) is 0 Å². The van der Waals surface area contributed by atoms with Crippen LogP contribution in [0.2, 0.25) is 0 Å². The van der Waals surface area contributed by atoms with Crippen molar-refractivity contribution in [1.29, 1.82) is 0 Å². The lowest BCUT2D eigenvalue weighted by molar-refractivity contribution is -0.128. The number of carbonyl (C=O) groups is 2. The van der Waals surface area contributed by atoms with Crippen molar-refractivity contribution in [2.45, 2.75) is 6.42 Å². The maximum Gasteiger partial charge on any atom is 0.261 e. The first-order valence-corrected chi connectivity index (χ1v) is 6.56. The third kappa shape index (κ3) is 2.36. The Hall–Kier alpha value is -1.49. The molecule has 0 spiro atoms. The van der Waals surface area contributed by atoms with Gasteiger partial charge in [-0.3, -0.25) is 14.5 Å². The van der Waals surface area contributed by atoms with Gasteiger partial charge in [-0.25, -0.2) is 4.39 Å². The molecule has 18 heavy (non-hydrogen) atoms. The number of rotatable bonds is 3. The molecule has 0 saturated carbocycles. The van der Waals surface area contributed by atoms with Crippen LogP contribution in [-0.4, -0.2) is 28.6 Å². The molecule has 0 aliphatic carbocycles. The van der Waals surface area contributed by atoms with E-state index in [1.165, 1.54) is 0 Å². The standard InChI is InChI=1S/C13H11BrFNO2/c14-6-9(7-15)8-16-12(17)5-10-3-1-2-4-11(10)13(16)18/h1-4,7H,5-6,8H2/b9-7-. The predicted octanol–water partition coefficient (Wildman–Crippen LogP) is 2.46. The van der Waals surface area contributed by atoms with E-state index in [2.05, 4.69) is 15.9 Å². The van der Waals surface area contributed by atoms with Crippen molar-refractivity contribution >= 4 is 27.7 Å². The smallest absolute Gasteiger partial charge is 0.261 e. The van der Waals surface area contributed by atoms with Crippen molar-refractivity contribution in [3.63, 3.8) is 0 Å². The molecular weight excluding hydrogens is 301 g/mol. The summed E-state index contributed by atoms with van der Waals surface area (Å²) in [5.41, 5.74) is 1.61. The molecule has 0 N–H and O–H groups in total. The maximum absolute atomic E-state index is 12.5. The van der Waals surface area contributed by atoms with Gasteiger partial charge in [0.05, 0.1) is 19.3 Å². The summed E-state index contributed by atoms with van der Waals surface area (Å²) in [5, 5.41) is 0.294. The largest absolute Gasteiger partial charge is 0.274 e. The molecule has 0 atom stereocenters. The first kappa shape index (κ1) is 13.0. The van der Waals surface area contributed by atoms with E-state index in [1.807, 2.05) is 0 Å². The first-order valence-electron chi connectivity index (χ1n) is 5.44. The van der Waals surface area contributed by atoms with Crippen LogP contribution < -0.4 is 0 Å². The predicted molar refractivity (Wildman–Crippen MR) is 69.2 cm³/mol. The molecule has 1 aliphatic rings. The van der Waals surface area contributed by atoms with Crippen molar-refractivity contribution in [3.05, 3.63) is 47.3 Å². The zero-order valence-electron chi connectivity index (χ0n) is 9.53. The fourth-order valence-electron chi connectivity index (χ4n) is 1.87. The van der Waals surface area contributed by atoms with Gasteiger partial charge in [0.2, 0.25) is 5.91 Å². The molecule has 0 unspecified atom stereocenters. The Labute approximate surface area is 112 Å². The van der Waals surface area contributed by atoms with E-state index >= 15 is 0 Å². The van der Waals surface area contributed by atoms with Crippen LogP contribution in [0.15, 0.2) is 36.2 Å². The van der Waals surface area contributed by atoms with E-state index < -0.39 is 0 Å². The quantitative estimate of drug-likeness (QED) is 0.635. The summed E-state index contributed by atoms with van der Waals surface area (Å²) in [5.74, 6) is -0.652. The van der Waals surface area contributed by atoms with Crippen LogP contribution in [0.4, 0.5) is 4.39 Å². The zero-order chi connectivity index (χ0) is 13.1. The van der Waals surface area contributed by atoms with Gasteiger partial charge in [-0.05, 0) is 17.2 Å². The Kier molecular flexibility index (Phi) is 3.91. The third-order valence-corrected chi connectivity index (χ3v) is 3.54. The molecule has 2 amide bonds. The average molecular weight is 312 g/mol. The number of hydrogen-bond donors (Lipinski definition) is 0. The lowest BCUT2D eigenvalue weighted by Gasteiger charge is -2.27. The van der Waals surface area contributed by atoms with Gasteiger partial charge in [-0.15, -0.1) is 0 Å². The number of amides is 2. The highest BCUT2D eigenvalue weighted by atomic mass is 79.9. The molecule has 0 aromatic heterocycles. The number of hydrogen-bond acceptors (Lipinski definition) is 2. The van der Waals surface area contributed by atoms with Gasteiger partial charge in [0.15, 0.2) is 0 Å². The Bertz CT molecular complexity index is 527. The second-order valence-electron chi connectivity index (χ2n) is 4.02. The lowest BCUT2D eigenvalue weighted by atomic mass is 9.98. The second kappa shape index (κ2) is 5.44. The monoisotopic (exact) mass is 311 g/mol. The highest BCUT2D eigenvalue weighted by molar-refractivity contribution is 9.09. The summed E-state index contributed by atoms with van der Waals surface area (Å²) < 4.78 is 12.5. The number of alkyl halides is 1. The van der Waals surface area contributed by atoms with E-state index in [0.717, 1.165) is 10.5 Å². The van der Waals surface area contributed by atoms with Gasteiger partial charge in [0.1, 0.15) is 0 Å². The fourth-order valence-corrected chi connectivity index (χ4v) is 2.17. The van der Waals surface area contributed by atoms with Crippen LogP contribution in [0.25, 0.3) is 0 Å². The highest BCUT2D eigenvalue weighted by Gasteiger charge is 2.30. The van der Waals surface area contributed by atoms with E-state index in [-0.39, 0.29) is 24.8 Å². The molecule has 2 rings (SSSR count). The van der Waals surface area contributed by atoms with Crippen molar-refractivity contribution in [2.24, 2.45) is 0 Å². The Morgan fingerprint density at radius 2 is 2.11 bits per heavy atom. The van der Waals surface area contributed by atoms with Crippen molar-refractivity contribution in [1.82, 2.24) is 4.90 Å². The Morgan fingerprint density at radius 3 is 2.78 bits per heavy atom. The molecule has 1 aromatic carbocycles. The summed E-state index contributed by atoms with van der Waals surface area (Å²) >= 11 is 3.12. The molecule has 0 radical (unpaired) electrons. The summed E-state index contributed by atoms with van der Waals surface area (Å²) in [6, 6.07) is 6.99. The summed E-state index contributed by atoms with van der Waals surface area (Å²) in [4.78, 5) is 25.1. The number of halogens is 2. The van der Waals surface area contributed by atoms with Crippen LogP contribution in [-0.2, 0) is 11.2 Å². The molecule has 1 aromatic rings. The van der Waals surface area contributed by atoms with Gasteiger partial charge in [0.25, 0.3) is 5.91 Å². The molecule has 5 heteroatoms. The Morgan fingerprint density at radius 1 is 1.39 bits per heavy atom. The van der Waals surface area contributed by atoms with E-state index in [0.29, 0.717) is 22.8 Å². The van der Waals surface area contributed by atoms with Gasteiger partial charge in [0, 0.05) is 10.9 Å². The van der Waals surface area contributed by atoms with Gasteiger partial charge >= 0.3 is 0 Å². The summed E-state index contributed by atoms with van der Waals surface area (Å²) in [6.45, 7) is -0.00620. The topological polar surface area (TPSA) is 37.4 Å². The number of nitrogens with zero attached hydrogens (tertiary/aromatic N) is 1. The molecule has 3 nitrogen and oxygen atoms in total. The van der Waals surface area contributed by atoms with Gasteiger partial charge in [-0.1, -0.05) is 34.1 Å². The molecule has 1 aliphatic heterocycles. The summed E-state index contributed by atoms with van der Waals surface area (Å²) in [6.07, 6.45) is 0.611. The fraction of sp³-hybridized carbons (Fsp3) is 0.231. The maximum atomic E-state index is 12.5. The number of imide groups is 1. The lowest BCUT2D eigenvalue weighted by Crippen LogP contribution is -2.43. The first-order chi connectivity index (χ1) is 8.67. The summed E-state index contributed by atoms with van der Waals surface area (Å²) in [7, 11) is 0. The highest BCUT2D eigenvalue weighted by Crippen LogP contribution is 2.20. The van der Waals surface area contributed by atoms with Gasteiger partial charge < -0.3 is 0 Å². The normalized spacial score (nSPS) is 15.9. The van der Waals surface area contributed by atoms with E-state index in [4.69, 9.17) is 0 Å². The Balaban J connectivity index is 2.30. The van der Waals surface area contributed by atoms with Crippen LogP contribution in [0.3, 0.4) is 0 Å². The van der Waals surface area contributed by atoms with Crippen molar-refractivity contribution < 1.29 is 14.0 Å². The van der Waals surface area contributed by atoms with E-state index in [1.54, 1.807) is 24.3 Å². The average Bonchev–Trinajstić information content (AvgIpc) is 2.39. The molecule has 0 bridgehead atoms. The molecule has 0 fully saturated rings. The number of benzene rings is 1. The minimum absolute atomic E-state index is 0.00620.